The number of nitrogens with zero attached hydrogens (tertiary/aromatic N) is 1. The van der Waals surface area contributed by atoms with E-state index in [-0.39, 0.29) is 24.7 Å². The molecule has 6 heteroatoms. The second-order valence-electron chi connectivity index (χ2n) is 5.17. The molecule has 0 aliphatic carbocycles. The third kappa shape index (κ3) is 5.75. The maximum absolute atomic E-state index is 12.1. The van der Waals surface area contributed by atoms with E-state index in [4.69, 9.17) is 16.9 Å². The summed E-state index contributed by atoms with van der Waals surface area (Å²) < 4.78 is 0. The minimum absolute atomic E-state index is 0.150. The average molecular weight is 342 g/mol. The molecule has 5 nitrogen and oxygen atoms in total. The number of nitriles is 1. The highest BCUT2D eigenvalue weighted by molar-refractivity contribution is 6.30. The van der Waals surface area contributed by atoms with Crippen molar-refractivity contribution in [2.75, 3.05) is 5.32 Å². The molecule has 2 N–H and O–H groups in total. The van der Waals surface area contributed by atoms with Crippen LogP contribution in [-0.2, 0) is 22.6 Å². The van der Waals surface area contributed by atoms with Crippen molar-refractivity contribution < 1.29 is 9.59 Å². The lowest BCUT2D eigenvalue weighted by Crippen LogP contribution is -2.22. The second-order valence-corrected chi connectivity index (χ2v) is 5.60. The van der Waals surface area contributed by atoms with Crippen LogP contribution in [0.5, 0.6) is 0 Å². The summed E-state index contributed by atoms with van der Waals surface area (Å²) in [7, 11) is 0. The monoisotopic (exact) mass is 341 g/mol. The van der Waals surface area contributed by atoms with E-state index < -0.39 is 0 Å². The Morgan fingerprint density at radius 3 is 2.54 bits per heavy atom. The van der Waals surface area contributed by atoms with Gasteiger partial charge in [0.2, 0.25) is 11.8 Å². The predicted octanol–water partition coefficient (Wildman–Crippen LogP) is 3.05. The molecule has 0 aliphatic heterocycles. The molecular formula is C18H16ClN3O2. The Bertz CT molecular complexity index is 784. The fourth-order valence-corrected chi connectivity index (χ4v) is 2.34. The van der Waals surface area contributed by atoms with Crippen molar-refractivity contribution in [3.05, 3.63) is 64.7 Å². The highest BCUT2D eigenvalue weighted by Crippen LogP contribution is 2.14. The maximum Gasteiger partial charge on any atom is 0.234 e. The number of anilines is 1. The van der Waals surface area contributed by atoms with E-state index in [0.717, 1.165) is 11.1 Å². The van der Waals surface area contributed by atoms with E-state index in [2.05, 4.69) is 10.6 Å². The topological polar surface area (TPSA) is 82.0 Å². The molecule has 24 heavy (non-hydrogen) atoms. The third-order valence-electron chi connectivity index (χ3n) is 3.19. The molecular weight excluding hydrogens is 326 g/mol. The predicted molar refractivity (Wildman–Crippen MR) is 92.3 cm³/mol. The smallest absolute Gasteiger partial charge is 0.234 e. The highest BCUT2D eigenvalue weighted by Gasteiger charge is 2.06. The number of nitrogens with one attached hydrogen (secondary N) is 2. The van der Waals surface area contributed by atoms with Crippen LogP contribution in [0.3, 0.4) is 0 Å². The Morgan fingerprint density at radius 1 is 1.04 bits per heavy atom. The van der Waals surface area contributed by atoms with Crippen LogP contribution < -0.4 is 10.6 Å². The van der Waals surface area contributed by atoms with E-state index in [1.54, 1.807) is 42.5 Å². The molecule has 2 amide bonds. The molecule has 0 unspecified atom stereocenters. The van der Waals surface area contributed by atoms with Crippen LogP contribution in [0.2, 0.25) is 5.02 Å². The van der Waals surface area contributed by atoms with Crippen molar-refractivity contribution in [1.82, 2.24) is 5.32 Å². The van der Waals surface area contributed by atoms with Crippen molar-refractivity contribution >= 4 is 29.1 Å². The summed E-state index contributed by atoms with van der Waals surface area (Å²) in [5.74, 6) is -0.476. The molecule has 122 valence electrons. The second kappa shape index (κ2) is 8.70. The molecule has 0 aromatic heterocycles. The molecule has 0 saturated heterocycles. The Morgan fingerprint density at radius 2 is 1.79 bits per heavy atom. The standard InChI is InChI=1S/C18H16ClN3O2/c19-15-5-1-3-13(9-15)11-18(24)22-16-6-2-4-14(10-16)12-21-17(23)7-8-20/h1-6,9-10H,7,11-12H2,(H,21,23)(H,22,24). The largest absolute Gasteiger partial charge is 0.351 e. The number of halogens is 1. The van der Waals surface area contributed by atoms with Gasteiger partial charge in [-0.2, -0.15) is 5.26 Å². The Kier molecular flexibility index (Phi) is 6.35. The Hall–Kier alpha value is -2.84. The quantitative estimate of drug-likeness (QED) is 0.847. The first-order valence-electron chi connectivity index (χ1n) is 7.33. The van der Waals surface area contributed by atoms with E-state index in [1.165, 1.54) is 0 Å². The van der Waals surface area contributed by atoms with Gasteiger partial charge in [0, 0.05) is 17.3 Å². The number of carbonyl (C=O) groups excluding carboxylic acids is 2. The van der Waals surface area contributed by atoms with E-state index in [0.29, 0.717) is 17.3 Å². The molecule has 0 radical (unpaired) electrons. The fraction of sp³-hybridized carbons (Fsp3) is 0.167. The molecule has 2 rings (SSSR count). The van der Waals surface area contributed by atoms with Gasteiger partial charge in [-0.1, -0.05) is 35.9 Å². The molecule has 0 saturated carbocycles. The van der Waals surface area contributed by atoms with Gasteiger partial charge < -0.3 is 10.6 Å². The molecule has 0 atom stereocenters. The lowest BCUT2D eigenvalue weighted by atomic mass is 10.1. The number of benzene rings is 2. The van der Waals surface area contributed by atoms with Gasteiger partial charge in [0.05, 0.1) is 12.5 Å². The van der Waals surface area contributed by atoms with E-state index in [1.807, 2.05) is 12.1 Å². The molecule has 0 heterocycles. The Balaban J connectivity index is 1.92. The number of rotatable bonds is 6. The van der Waals surface area contributed by atoms with Crippen LogP contribution in [-0.4, -0.2) is 11.8 Å². The van der Waals surface area contributed by atoms with E-state index in [9.17, 15) is 9.59 Å². The van der Waals surface area contributed by atoms with Gasteiger partial charge in [-0.3, -0.25) is 9.59 Å². The minimum atomic E-state index is -0.326. The van der Waals surface area contributed by atoms with Crippen molar-refractivity contribution in [3.8, 4) is 6.07 Å². The number of amides is 2. The number of carbonyl (C=O) groups is 2. The van der Waals surface area contributed by atoms with Gasteiger partial charge in [0.25, 0.3) is 0 Å². The number of hydrogen-bond donors (Lipinski definition) is 2. The molecule has 0 bridgehead atoms. The first-order chi connectivity index (χ1) is 11.6. The maximum atomic E-state index is 12.1. The van der Waals surface area contributed by atoms with Gasteiger partial charge in [0.15, 0.2) is 0 Å². The molecule has 0 aliphatic rings. The van der Waals surface area contributed by atoms with Crippen LogP contribution >= 0.6 is 11.6 Å². The van der Waals surface area contributed by atoms with Crippen molar-refractivity contribution in [3.63, 3.8) is 0 Å². The van der Waals surface area contributed by atoms with Gasteiger partial charge >= 0.3 is 0 Å². The summed E-state index contributed by atoms with van der Waals surface area (Å²) in [5, 5.41) is 14.5. The summed E-state index contributed by atoms with van der Waals surface area (Å²) in [6.07, 6.45) is 0.0553. The van der Waals surface area contributed by atoms with Crippen molar-refractivity contribution in [2.45, 2.75) is 19.4 Å². The lowest BCUT2D eigenvalue weighted by molar-refractivity contribution is -0.120. The fourth-order valence-electron chi connectivity index (χ4n) is 2.13. The first-order valence-corrected chi connectivity index (χ1v) is 7.71. The van der Waals surface area contributed by atoms with Gasteiger partial charge in [-0.25, -0.2) is 0 Å². The summed E-state index contributed by atoms with van der Waals surface area (Å²) in [6.45, 7) is 0.304. The van der Waals surface area contributed by atoms with Gasteiger partial charge in [-0.15, -0.1) is 0 Å². The van der Waals surface area contributed by atoms with E-state index >= 15 is 0 Å². The molecule has 0 fully saturated rings. The van der Waals surface area contributed by atoms with Crippen LogP contribution in [0.4, 0.5) is 5.69 Å². The zero-order chi connectivity index (χ0) is 17.4. The third-order valence-corrected chi connectivity index (χ3v) is 3.43. The van der Waals surface area contributed by atoms with Crippen LogP contribution in [0, 0.1) is 11.3 Å². The summed E-state index contributed by atoms with van der Waals surface area (Å²) in [6, 6.07) is 16.1. The zero-order valence-corrected chi connectivity index (χ0v) is 13.6. The molecule has 0 spiro atoms. The van der Waals surface area contributed by atoms with Crippen molar-refractivity contribution in [2.24, 2.45) is 0 Å². The van der Waals surface area contributed by atoms with Crippen LogP contribution in [0.25, 0.3) is 0 Å². The number of hydrogen-bond acceptors (Lipinski definition) is 3. The normalized spacial score (nSPS) is 9.83. The van der Waals surface area contributed by atoms with Gasteiger partial charge in [-0.05, 0) is 35.4 Å². The van der Waals surface area contributed by atoms with Crippen LogP contribution in [0.15, 0.2) is 48.5 Å². The zero-order valence-electron chi connectivity index (χ0n) is 12.9. The van der Waals surface area contributed by atoms with Gasteiger partial charge in [0.1, 0.15) is 6.42 Å². The average Bonchev–Trinajstić information content (AvgIpc) is 2.53. The molecule has 2 aromatic carbocycles. The first kappa shape index (κ1) is 17.5. The lowest BCUT2D eigenvalue weighted by Gasteiger charge is -2.08. The summed E-state index contributed by atoms with van der Waals surface area (Å²) in [5.41, 5.74) is 2.32. The highest BCUT2D eigenvalue weighted by atomic mass is 35.5. The van der Waals surface area contributed by atoms with Crippen molar-refractivity contribution in [1.29, 1.82) is 5.26 Å². The summed E-state index contributed by atoms with van der Waals surface area (Å²) in [4.78, 5) is 23.4. The van der Waals surface area contributed by atoms with Crippen LogP contribution in [0.1, 0.15) is 17.5 Å². The molecule has 2 aromatic rings. The SMILES string of the molecule is N#CCC(=O)NCc1cccc(NC(=O)Cc2cccc(Cl)c2)c1. The minimum Gasteiger partial charge on any atom is -0.351 e. The Labute approximate surface area is 145 Å². The summed E-state index contributed by atoms with van der Waals surface area (Å²) >= 11 is 5.91.